The maximum absolute atomic E-state index is 13.3. The predicted octanol–water partition coefficient (Wildman–Crippen LogP) is 5.30. The van der Waals surface area contributed by atoms with Crippen LogP contribution in [0.25, 0.3) is 0 Å². The molecule has 3 nitrogen and oxygen atoms in total. The van der Waals surface area contributed by atoms with Crippen molar-refractivity contribution in [2.75, 3.05) is 4.31 Å². The molecule has 25 heavy (non-hydrogen) atoms. The van der Waals surface area contributed by atoms with Crippen molar-refractivity contribution in [2.24, 2.45) is 0 Å². The fourth-order valence-corrected chi connectivity index (χ4v) is 4.60. The smallest absolute Gasteiger partial charge is 0.259 e. The Morgan fingerprint density at radius 3 is 2.04 bits per heavy atom. The van der Waals surface area contributed by atoms with Crippen LogP contribution in [-0.4, -0.2) is 8.42 Å². The first-order chi connectivity index (χ1) is 12.0. The summed E-state index contributed by atoms with van der Waals surface area (Å²) in [6.07, 6.45) is 0. The molecule has 0 aromatic heterocycles. The largest absolute Gasteiger partial charge is 0.264 e. The van der Waals surface area contributed by atoms with Crippen molar-refractivity contribution < 1.29 is 8.42 Å². The summed E-state index contributed by atoms with van der Waals surface area (Å²) in [6.45, 7) is 1.87. The Labute approximate surface area is 153 Å². The van der Waals surface area contributed by atoms with E-state index in [4.69, 9.17) is 11.6 Å². The van der Waals surface area contributed by atoms with E-state index in [1.54, 1.807) is 54.6 Å². The molecule has 0 amide bonds. The summed E-state index contributed by atoms with van der Waals surface area (Å²) >= 11 is 6.11. The molecule has 0 N–H and O–H groups in total. The van der Waals surface area contributed by atoms with Crippen molar-refractivity contribution >= 4 is 27.3 Å². The summed E-state index contributed by atoms with van der Waals surface area (Å²) in [5.41, 5.74) is 1.44. The number of nitrogens with zero attached hydrogens (tertiary/aromatic N) is 1. The van der Waals surface area contributed by atoms with Crippen molar-refractivity contribution in [3.8, 4) is 0 Å². The van der Waals surface area contributed by atoms with Gasteiger partial charge in [-0.1, -0.05) is 66.2 Å². The van der Waals surface area contributed by atoms with Crippen molar-refractivity contribution in [3.05, 3.63) is 95.5 Å². The summed E-state index contributed by atoms with van der Waals surface area (Å²) in [5, 5.41) is 0.492. The van der Waals surface area contributed by atoms with Gasteiger partial charge in [-0.15, -0.1) is 0 Å². The molecule has 0 spiro atoms. The lowest BCUT2D eigenvalue weighted by molar-refractivity contribution is 0.583. The molecule has 0 bridgehead atoms. The molecule has 0 saturated heterocycles. The standard InChI is InChI=1S/C20H18ClNO2S/c1-16(17-9-4-2-5-10-17)22(19-12-8-11-18(21)15-19)25(23,24)20-13-6-3-7-14-20/h2-16H,1H3. The zero-order valence-corrected chi connectivity index (χ0v) is 15.3. The molecule has 128 valence electrons. The Kier molecular flexibility index (Phi) is 5.11. The number of halogens is 1. The molecule has 3 aromatic rings. The molecular formula is C20H18ClNO2S. The molecular weight excluding hydrogens is 354 g/mol. The first-order valence-corrected chi connectivity index (χ1v) is 9.72. The van der Waals surface area contributed by atoms with E-state index in [0.717, 1.165) is 5.56 Å². The number of sulfonamides is 1. The second kappa shape index (κ2) is 7.30. The third-order valence-electron chi connectivity index (χ3n) is 4.00. The van der Waals surface area contributed by atoms with Crippen LogP contribution in [0.1, 0.15) is 18.5 Å². The summed E-state index contributed by atoms with van der Waals surface area (Å²) in [6, 6.07) is 24.5. The SMILES string of the molecule is CC(c1ccccc1)N(c1cccc(Cl)c1)S(=O)(=O)c1ccccc1. The maximum Gasteiger partial charge on any atom is 0.264 e. The zero-order chi connectivity index (χ0) is 17.9. The van der Waals surface area contributed by atoms with Gasteiger partial charge in [0.1, 0.15) is 0 Å². The minimum absolute atomic E-state index is 0.248. The van der Waals surface area contributed by atoms with Crippen molar-refractivity contribution in [2.45, 2.75) is 17.9 Å². The van der Waals surface area contributed by atoms with Gasteiger partial charge in [0.2, 0.25) is 0 Å². The van der Waals surface area contributed by atoms with Crippen molar-refractivity contribution in [1.82, 2.24) is 0 Å². The lowest BCUT2D eigenvalue weighted by Crippen LogP contribution is -2.33. The van der Waals surface area contributed by atoms with Crippen LogP contribution in [-0.2, 0) is 10.0 Å². The van der Waals surface area contributed by atoms with E-state index >= 15 is 0 Å². The highest BCUT2D eigenvalue weighted by Gasteiger charge is 2.30. The van der Waals surface area contributed by atoms with Crippen molar-refractivity contribution in [1.29, 1.82) is 0 Å². The number of hydrogen-bond acceptors (Lipinski definition) is 2. The highest BCUT2D eigenvalue weighted by molar-refractivity contribution is 7.92. The molecule has 1 unspecified atom stereocenters. The van der Waals surface area contributed by atoms with E-state index in [1.807, 2.05) is 37.3 Å². The highest BCUT2D eigenvalue weighted by atomic mass is 35.5. The van der Waals surface area contributed by atoms with Gasteiger partial charge < -0.3 is 0 Å². The molecule has 0 aliphatic heterocycles. The molecule has 0 heterocycles. The van der Waals surface area contributed by atoms with E-state index in [-0.39, 0.29) is 10.9 Å². The summed E-state index contributed by atoms with van der Waals surface area (Å²) in [7, 11) is -3.74. The first-order valence-electron chi connectivity index (χ1n) is 7.90. The Balaban J connectivity index is 2.16. The van der Waals surface area contributed by atoms with Crippen LogP contribution < -0.4 is 4.31 Å². The Morgan fingerprint density at radius 2 is 1.44 bits per heavy atom. The molecule has 0 radical (unpaired) electrons. The summed E-state index contributed by atoms with van der Waals surface area (Å²) in [5.74, 6) is 0. The number of hydrogen-bond donors (Lipinski definition) is 0. The van der Waals surface area contributed by atoms with Gasteiger partial charge in [-0.05, 0) is 42.8 Å². The fourth-order valence-electron chi connectivity index (χ4n) is 2.76. The van der Waals surface area contributed by atoms with Gasteiger partial charge in [0.25, 0.3) is 10.0 Å². The van der Waals surface area contributed by atoms with Gasteiger partial charge in [-0.25, -0.2) is 8.42 Å². The lowest BCUT2D eigenvalue weighted by atomic mass is 10.1. The highest BCUT2D eigenvalue weighted by Crippen LogP contribution is 2.34. The number of anilines is 1. The van der Waals surface area contributed by atoms with E-state index in [0.29, 0.717) is 10.7 Å². The Bertz CT molecular complexity index is 944. The molecule has 0 fully saturated rings. The van der Waals surface area contributed by atoms with Gasteiger partial charge in [-0.2, -0.15) is 0 Å². The Morgan fingerprint density at radius 1 is 0.840 bits per heavy atom. The van der Waals surface area contributed by atoms with Crippen LogP contribution in [0.15, 0.2) is 89.8 Å². The monoisotopic (exact) mass is 371 g/mol. The topological polar surface area (TPSA) is 37.4 Å². The number of rotatable bonds is 5. The van der Waals surface area contributed by atoms with Crippen LogP contribution in [0.5, 0.6) is 0 Å². The first kappa shape index (κ1) is 17.5. The molecule has 3 rings (SSSR count). The maximum atomic E-state index is 13.3. The lowest BCUT2D eigenvalue weighted by Gasteiger charge is -2.31. The van der Waals surface area contributed by atoms with Gasteiger partial charge >= 0.3 is 0 Å². The van der Waals surface area contributed by atoms with Crippen LogP contribution in [0.3, 0.4) is 0 Å². The molecule has 0 aliphatic carbocycles. The second-order valence-corrected chi connectivity index (χ2v) is 7.93. The number of benzene rings is 3. The van der Waals surface area contributed by atoms with E-state index in [9.17, 15) is 8.42 Å². The van der Waals surface area contributed by atoms with Crippen LogP contribution in [0, 0.1) is 0 Å². The zero-order valence-electron chi connectivity index (χ0n) is 13.7. The van der Waals surface area contributed by atoms with Gasteiger partial charge in [0.05, 0.1) is 16.6 Å². The summed E-state index contributed by atoms with van der Waals surface area (Å²) < 4.78 is 28.1. The van der Waals surface area contributed by atoms with E-state index in [1.165, 1.54) is 4.31 Å². The quantitative estimate of drug-likeness (QED) is 0.610. The van der Waals surface area contributed by atoms with Gasteiger partial charge in [0.15, 0.2) is 0 Å². The molecule has 1 atom stereocenters. The van der Waals surface area contributed by atoms with Crippen LogP contribution in [0.2, 0.25) is 5.02 Å². The average Bonchev–Trinajstić information content (AvgIpc) is 2.63. The Hall–Kier alpha value is -2.30. The van der Waals surface area contributed by atoms with Crippen molar-refractivity contribution in [3.63, 3.8) is 0 Å². The molecule has 5 heteroatoms. The summed E-state index contributed by atoms with van der Waals surface area (Å²) in [4.78, 5) is 0.248. The van der Waals surface area contributed by atoms with E-state index in [2.05, 4.69) is 0 Å². The van der Waals surface area contributed by atoms with Crippen LogP contribution >= 0.6 is 11.6 Å². The average molecular weight is 372 g/mol. The molecule has 3 aromatic carbocycles. The third kappa shape index (κ3) is 3.70. The molecule has 0 saturated carbocycles. The van der Waals surface area contributed by atoms with E-state index < -0.39 is 10.0 Å². The second-order valence-electron chi connectivity index (χ2n) is 5.68. The van der Waals surface area contributed by atoms with Gasteiger partial charge in [0, 0.05) is 5.02 Å². The third-order valence-corrected chi connectivity index (χ3v) is 6.14. The minimum atomic E-state index is -3.74. The minimum Gasteiger partial charge on any atom is -0.259 e. The predicted molar refractivity (Wildman–Crippen MR) is 102 cm³/mol. The molecule has 0 aliphatic rings. The normalized spacial score (nSPS) is 12.6. The van der Waals surface area contributed by atoms with Gasteiger partial charge in [-0.3, -0.25) is 4.31 Å². The fraction of sp³-hybridized carbons (Fsp3) is 0.100. The van der Waals surface area contributed by atoms with Crippen LogP contribution in [0.4, 0.5) is 5.69 Å².